The molecule has 0 aromatic heterocycles. The van der Waals surface area contributed by atoms with E-state index in [1.807, 2.05) is 44.2 Å². The zero-order chi connectivity index (χ0) is 16.7. The average molecular weight is 332 g/mol. The minimum absolute atomic E-state index is 0.355. The molecule has 0 saturated carbocycles. The maximum Gasteiger partial charge on any atom is 0.243 e. The lowest BCUT2D eigenvalue weighted by atomic mass is 10.2. The van der Waals surface area contributed by atoms with Gasteiger partial charge >= 0.3 is 0 Å². The number of rotatable bonds is 8. The van der Waals surface area contributed by atoms with Gasteiger partial charge in [-0.1, -0.05) is 56.3 Å². The second-order valence-corrected chi connectivity index (χ2v) is 7.26. The molecular formula is C18H24N2O2S. The number of benzene rings is 2. The lowest BCUT2D eigenvalue weighted by Gasteiger charge is -2.18. The number of nitrogens with one attached hydrogen (secondary N) is 1. The van der Waals surface area contributed by atoms with E-state index in [1.165, 1.54) is 9.87 Å². The zero-order valence-electron chi connectivity index (χ0n) is 13.7. The first-order chi connectivity index (χ1) is 11.1. The third kappa shape index (κ3) is 4.64. The van der Waals surface area contributed by atoms with Gasteiger partial charge in [-0.2, -0.15) is 4.31 Å². The molecule has 0 atom stereocenters. The Labute approximate surface area is 139 Å². The van der Waals surface area contributed by atoms with Crippen molar-refractivity contribution in [1.82, 2.24) is 9.62 Å². The van der Waals surface area contributed by atoms with Crippen molar-refractivity contribution in [1.29, 1.82) is 0 Å². The molecule has 0 aliphatic carbocycles. The molecule has 2 rings (SSSR count). The van der Waals surface area contributed by atoms with Crippen LogP contribution >= 0.6 is 0 Å². The quantitative estimate of drug-likeness (QED) is 0.808. The van der Waals surface area contributed by atoms with Gasteiger partial charge in [0.05, 0.1) is 4.90 Å². The second-order valence-electron chi connectivity index (χ2n) is 5.32. The fourth-order valence-corrected chi connectivity index (χ4v) is 3.90. The first-order valence-corrected chi connectivity index (χ1v) is 9.35. The van der Waals surface area contributed by atoms with Crippen LogP contribution in [-0.2, 0) is 23.1 Å². The summed E-state index contributed by atoms with van der Waals surface area (Å²) in [5, 5.41) is 3.36. The summed E-state index contributed by atoms with van der Waals surface area (Å²) in [5.41, 5.74) is 2.30. The molecular weight excluding hydrogens is 308 g/mol. The van der Waals surface area contributed by atoms with E-state index >= 15 is 0 Å². The minimum atomic E-state index is -3.37. The highest BCUT2D eigenvalue weighted by atomic mass is 32.2. The van der Waals surface area contributed by atoms with E-state index in [1.54, 1.807) is 12.1 Å². The van der Waals surface area contributed by atoms with Crippen LogP contribution in [0.3, 0.4) is 0 Å². The lowest BCUT2D eigenvalue weighted by Crippen LogP contribution is -2.30. The molecule has 2 aromatic carbocycles. The highest BCUT2D eigenvalue weighted by Gasteiger charge is 2.20. The monoisotopic (exact) mass is 332 g/mol. The van der Waals surface area contributed by atoms with Gasteiger partial charge in [0.1, 0.15) is 0 Å². The van der Waals surface area contributed by atoms with Crippen LogP contribution in [0.15, 0.2) is 59.5 Å². The predicted molar refractivity (Wildman–Crippen MR) is 93.5 cm³/mol. The minimum Gasteiger partial charge on any atom is -0.309 e. The molecule has 0 saturated heterocycles. The first-order valence-electron chi connectivity index (χ1n) is 7.91. The summed E-state index contributed by atoms with van der Waals surface area (Å²) in [5.74, 6) is 0. The maximum absolute atomic E-state index is 12.4. The molecule has 124 valence electrons. The molecule has 0 aliphatic heterocycles. The third-order valence-electron chi connectivity index (χ3n) is 3.77. The van der Waals surface area contributed by atoms with Crippen LogP contribution in [0, 0.1) is 0 Å². The molecule has 0 bridgehead atoms. The number of nitrogens with zero attached hydrogens (tertiary/aromatic N) is 1. The third-order valence-corrected chi connectivity index (χ3v) is 5.83. The van der Waals surface area contributed by atoms with Crippen molar-refractivity contribution in [2.24, 2.45) is 0 Å². The van der Waals surface area contributed by atoms with Gasteiger partial charge in [-0.3, -0.25) is 0 Å². The van der Waals surface area contributed by atoms with E-state index in [2.05, 4.69) is 17.4 Å². The molecule has 0 unspecified atom stereocenters. The van der Waals surface area contributed by atoms with Crippen LogP contribution in [0.25, 0.3) is 0 Å². The SMILES string of the molecule is CCN(CC)S(=O)(=O)c1ccc(CNCc2ccccc2)cc1. The summed E-state index contributed by atoms with van der Waals surface area (Å²) in [7, 11) is -3.37. The van der Waals surface area contributed by atoms with E-state index < -0.39 is 10.0 Å². The van der Waals surface area contributed by atoms with Crippen molar-refractivity contribution in [3.8, 4) is 0 Å². The molecule has 0 spiro atoms. The normalized spacial score (nSPS) is 11.8. The fraction of sp³-hybridized carbons (Fsp3) is 0.333. The Morgan fingerprint density at radius 3 is 1.87 bits per heavy atom. The van der Waals surface area contributed by atoms with Crippen molar-refractivity contribution in [3.05, 3.63) is 65.7 Å². The van der Waals surface area contributed by atoms with Crippen LogP contribution in [0.5, 0.6) is 0 Å². The Kier molecular flexibility index (Phi) is 6.33. The van der Waals surface area contributed by atoms with Gasteiger partial charge in [0.25, 0.3) is 0 Å². The first kappa shape index (κ1) is 17.7. The van der Waals surface area contributed by atoms with Gasteiger partial charge in [-0.05, 0) is 23.3 Å². The standard InChI is InChI=1S/C18H24N2O2S/c1-3-20(4-2)23(21,22)18-12-10-17(11-13-18)15-19-14-16-8-6-5-7-9-16/h5-13,19H,3-4,14-15H2,1-2H3. The van der Waals surface area contributed by atoms with E-state index in [4.69, 9.17) is 0 Å². The molecule has 0 radical (unpaired) electrons. The largest absolute Gasteiger partial charge is 0.309 e. The Bertz CT molecular complexity index is 694. The molecule has 0 fully saturated rings. The summed E-state index contributed by atoms with van der Waals surface area (Å²) in [6.07, 6.45) is 0. The van der Waals surface area contributed by atoms with Gasteiger partial charge in [0.15, 0.2) is 0 Å². The van der Waals surface area contributed by atoms with Crippen LogP contribution in [0.1, 0.15) is 25.0 Å². The summed E-state index contributed by atoms with van der Waals surface area (Å²) in [4.78, 5) is 0.355. The Balaban J connectivity index is 1.97. The smallest absolute Gasteiger partial charge is 0.243 e. The summed E-state index contributed by atoms with van der Waals surface area (Å²) >= 11 is 0. The Hall–Kier alpha value is -1.69. The maximum atomic E-state index is 12.4. The van der Waals surface area contributed by atoms with Crippen molar-refractivity contribution < 1.29 is 8.42 Å². The highest BCUT2D eigenvalue weighted by Crippen LogP contribution is 2.16. The van der Waals surface area contributed by atoms with Gasteiger partial charge in [0, 0.05) is 26.2 Å². The molecule has 0 amide bonds. The molecule has 0 heterocycles. The molecule has 23 heavy (non-hydrogen) atoms. The summed E-state index contributed by atoms with van der Waals surface area (Å²) < 4.78 is 26.3. The lowest BCUT2D eigenvalue weighted by molar-refractivity contribution is 0.445. The molecule has 1 N–H and O–H groups in total. The van der Waals surface area contributed by atoms with Crippen LogP contribution in [0.4, 0.5) is 0 Å². The topological polar surface area (TPSA) is 49.4 Å². The van der Waals surface area contributed by atoms with Gasteiger partial charge in [-0.25, -0.2) is 8.42 Å². The number of sulfonamides is 1. The van der Waals surface area contributed by atoms with E-state index in [-0.39, 0.29) is 0 Å². The average Bonchev–Trinajstić information content (AvgIpc) is 2.57. The Morgan fingerprint density at radius 1 is 0.826 bits per heavy atom. The molecule has 5 heteroatoms. The zero-order valence-corrected chi connectivity index (χ0v) is 14.5. The molecule has 4 nitrogen and oxygen atoms in total. The van der Waals surface area contributed by atoms with Gasteiger partial charge < -0.3 is 5.32 Å². The molecule has 0 aliphatic rings. The Morgan fingerprint density at radius 2 is 1.35 bits per heavy atom. The van der Waals surface area contributed by atoms with Crippen LogP contribution in [-0.4, -0.2) is 25.8 Å². The van der Waals surface area contributed by atoms with E-state index in [0.29, 0.717) is 24.5 Å². The van der Waals surface area contributed by atoms with Crippen LogP contribution < -0.4 is 5.32 Å². The predicted octanol–water partition coefficient (Wildman–Crippen LogP) is 3.01. The van der Waals surface area contributed by atoms with Gasteiger partial charge in [-0.15, -0.1) is 0 Å². The van der Waals surface area contributed by atoms with Crippen molar-refractivity contribution >= 4 is 10.0 Å². The van der Waals surface area contributed by atoms with Crippen molar-refractivity contribution in [2.75, 3.05) is 13.1 Å². The highest BCUT2D eigenvalue weighted by molar-refractivity contribution is 7.89. The van der Waals surface area contributed by atoms with E-state index in [0.717, 1.165) is 12.1 Å². The summed E-state index contributed by atoms with van der Waals surface area (Å²) in [6, 6.07) is 17.3. The van der Waals surface area contributed by atoms with Gasteiger partial charge in [0.2, 0.25) is 10.0 Å². The van der Waals surface area contributed by atoms with Crippen molar-refractivity contribution in [2.45, 2.75) is 31.8 Å². The second kappa shape index (κ2) is 8.24. The number of hydrogen-bond donors (Lipinski definition) is 1. The molecule has 2 aromatic rings. The van der Waals surface area contributed by atoms with Crippen LogP contribution in [0.2, 0.25) is 0 Å². The fourth-order valence-electron chi connectivity index (χ4n) is 2.44. The van der Waals surface area contributed by atoms with Crippen molar-refractivity contribution in [3.63, 3.8) is 0 Å². The van der Waals surface area contributed by atoms with E-state index in [9.17, 15) is 8.42 Å². The number of hydrogen-bond acceptors (Lipinski definition) is 3. The summed E-state index contributed by atoms with van der Waals surface area (Å²) in [6.45, 7) is 6.17.